The van der Waals surface area contributed by atoms with E-state index in [1.54, 1.807) is 12.1 Å². The van der Waals surface area contributed by atoms with Gasteiger partial charge in [0.1, 0.15) is 11.8 Å². The second kappa shape index (κ2) is 6.43. The van der Waals surface area contributed by atoms with Crippen molar-refractivity contribution in [3.8, 4) is 5.75 Å². The predicted molar refractivity (Wildman–Crippen MR) is 71.5 cm³/mol. The van der Waals surface area contributed by atoms with Crippen molar-refractivity contribution in [2.24, 2.45) is 0 Å². The highest BCUT2D eigenvalue weighted by atomic mass is 35.5. The molecule has 1 aromatic rings. The van der Waals surface area contributed by atoms with Gasteiger partial charge in [-0.3, -0.25) is 9.59 Å². The number of halogens is 1. The molecule has 1 unspecified atom stereocenters. The summed E-state index contributed by atoms with van der Waals surface area (Å²) >= 11 is 5.95. The number of hydrogen-bond donors (Lipinski definition) is 2. The molecule has 0 spiro atoms. The first kappa shape index (κ1) is 15.3. The maximum absolute atomic E-state index is 11.7. The van der Waals surface area contributed by atoms with Crippen LogP contribution in [0.4, 0.5) is 0 Å². The Labute approximate surface area is 116 Å². The summed E-state index contributed by atoms with van der Waals surface area (Å²) in [6, 6.07) is 4.25. The van der Waals surface area contributed by atoms with E-state index in [0.29, 0.717) is 10.8 Å². The first-order valence-electron chi connectivity index (χ1n) is 5.77. The average molecular weight is 286 g/mol. The molecule has 0 heterocycles. The summed E-state index contributed by atoms with van der Waals surface area (Å²) in [4.78, 5) is 22.4. The van der Waals surface area contributed by atoms with Crippen LogP contribution in [-0.4, -0.2) is 29.1 Å². The number of carboxylic acid groups (broad SMARTS) is 1. The molecule has 0 fully saturated rings. The quantitative estimate of drug-likeness (QED) is 0.868. The molecule has 0 aromatic heterocycles. The lowest BCUT2D eigenvalue weighted by Crippen LogP contribution is -2.44. The van der Waals surface area contributed by atoms with Gasteiger partial charge in [-0.15, -0.1) is 0 Å². The van der Waals surface area contributed by atoms with E-state index in [1.807, 2.05) is 13.0 Å². The minimum Gasteiger partial charge on any atom is -0.480 e. The van der Waals surface area contributed by atoms with Crippen LogP contribution in [0, 0.1) is 6.92 Å². The first-order chi connectivity index (χ1) is 8.81. The number of nitrogens with one attached hydrogen (secondary N) is 1. The largest absolute Gasteiger partial charge is 0.480 e. The average Bonchev–Trinajstić information content (AvgIpc) is 2.33. The molecule has 0 bridgehead atoms. The van der Waals surface area contributed by atoms with Crippen LogP contribution in [0.1, 0.15) is 19.4 Å². The van der Waals surface area contributed by atoms with Gasteiger partial charge in [0.15, 0.2) is 6.10 Å². The fourth-order valence-corrected chi connectivity index (χ4v) is 1.50. The molecule has 5 nitrogen and oxygen atoms in total. The maximum atomic E-state index is 11.7. The van der Waals surface area contributed by atoms with Gasteiger partial charge in [0.25, 0.3) is 5.91 Å². The second-order valence-corrected chi connectivity index (χ2v) is 4.67. The SMILES string of the molecule is Cc1ccc(Cl)c(OC(C)C(=O)N[C@@H](C)C(=O)O)c1. The zero-order valence-electron chi connectivity index (χ0n) is 10.9. The van der Waals surface area contributed by atoms with Crippen LogP contribution in [0.5, 0.6) is 5.75 Å². The molecule has 104 valence electrons. The van der Waals surface area contributed by atoms with Gasteiger partial charge in [0.05, 0.1) is 5.02 Å². The Morgan fingerprint density at radius 2 is 2.00 bits per heavy atom. The Morgan fingerprint density at radius 1 is 1.37 bits per heavy atom. The van der Waals surface area contributed by atoms with Crippen LogP contribution in [0.3, 0.4) is 0 Å². The third-order valence-corrected chi connectivity index (χ3v) is 2.80. The van der Waals surface area contributed by atoms with Gasteiger partial charge in [-0.1, -0.05) is 17.7 Å². The van der Waals surface area contributed by atoms with Crippen molar-refractivity contribution in [2.45, 2.75) is 32.9 Å². The van der Waals surface area contributed by atoms with Crippen molar-refractivity contribution in [3.05, 3.63) is 28.8 Å². The van der Waals surface area contributed by atoms with E-state index in [4.69, 9.17) is 21.4 Å². The monoisotopic (exact) mass is 285 g/mol. The summed E-state index contributed by atoms with van der Waals surface area (Å²) in [6.45, 7) is 4.79. The van der Waals surface area contributed by atoms with Crippen LogP contribution < -0.4 is 10.1 Å². The summed E-state index contributed by atoms with van der Waals surface area (Å²) in [7, 11) is 0. The van der Waals surface area contributed by atoms with Crippen molar-refractivity contribution in [3.63, 3.8) is 0 Å². The molecule has 0 saturated carbocycles. The zero-order chi connectivity index (χ0) is 14.6. The lowest BCUT2D eigenvalue weighted by molar-refractivity contribution is -0.142. The van der Waals surface area contributed by atoms with Crippen molar-refractivity contribution < 1.29 is 19.4 Å². The Kier molecular flexibility index (Phi) is 5.18. The van der Waals surface area contributed by atoms with E-state index in [2.05, 4.69) is 5.32 Å². The van der Waals surface area contributed by atoms with Gasteiger partial charge in [0.2, 0.25) is 0 Å². The smallest absolute Gasteiger partial charge is 0.325 e. The molecular formula is C13H16ClNO4. The topological polar surface area (TPSA) is 75.6 Å². The van der Waals surface area contributed by atoms with Gasteiger partial charge >= 0.3 is 5.97 Å². The standard InChI is InChI=1S/C13H16ClNO4/c1-7-4-5-10(14)11(6-7)19-9(3)12(16)15-8(2)13(17)18/h4-6,8-9H,1-3H3,(H,15,16)(H,17,18)/t8-,9?/m0/s1. The molecule has 1 aromatic carbocycles. The molecular weight excluding hydrogens is 270 g/mol. The molecule has 0 aliphatic heterocycles. The Morgan fingerprint density at radius 3 is 2.58 bits per heavy atom. The van der Waals surface area contributed by atoms with E-state index in [0.717, 1.165) is 5.56 Å². The van der Waals surface area contributed by atoms with E-state index in [9.17, 15) is 9.59 Å². The highest BCUT2D eigenvalue weighted by Gasteiger charge is 2.20. The fraction of sp³-hybridized carbons (Fsp3) is 0.385. The van der Waals surface area contributed by atoms with Crippen molar-refractivity contribution in [1.29, 1.82) is 0 Å². The lowest BCUT2D eigenvalue weighted by atomic mass is 10.2. The van der Waals surface area contributed by atoms with E-state index < -0.39 is 24.0 Å². The third kappa shape index (κ3) is 4.44. The number of carboxylic acids is 1. The molecule has 6 heteroatoms. The number of carbonyl (C=O) groups is 2. The molecule has 2 N–H and O–H groups in total. The fourth-order valence-electron chi connectivity index (χ4n) is 1.34. The number of rotatable bonds is 5. The third-order valence-electron chi connectivity index (χ3n) is 2.49. The molecule has 0 aliphatic rings. The van der Waals surface area contributed by atoms with E-state index in [-0.39, 0.29) is 0 Å². The normalized spacial score (nSPS) is 13.5. The van der Waals surface area contributed by atoms with E-state index >= 15 is 0 Å². The minimum absolute atomic E-state index is 0.396. The van der Waals surface area contributed by atoms with Gasteiger partial charge in [-0.05, 0) is 38.5 Å². The lowest BCUT2D eigenvalue weighted by Gasteiger charge is -2.17. The summed E-state index contributed by atoms with van der Waals surface area (Å²) in [5.74, 6) is -1.21. The van der Waals surface area contributed by atoms with Crippen molar-refractivity contribution in [2.75, 3.05) is 0 Å². The van der Waals surface area contributed by atoms with Crippen LogP contribution in [-0.2, 0) is 9.59 Å². The summed E-state index contributed by atoms with van der Waals surface area (Å²) in [6.07, 6.45) is -0.832. The zero-order valence-corrected chi connectivity index (χ0v) is 11.7. The molecule has 1 amide bonds. The number of amides is 1. The highest BCUT2D eigenvalue weighted by molar-refractivity contribution is 6.32. The Bertz CT molecular complexity index is 490. The minimum atomic E-state index is -1.10. The molecule has 0 aliphatic carbocycles. The van der Waals surface area contributed by atoms with Gasteiger partial charge in [-0.25, -0.2) is 0 Å². The molecule has 0 saturated heterocycles. The second-order valence-electron chi connectivity index (χ2n) is 4.26. The number of aliphatic carboxylic acids is 1. The van der Waals surface area contributed by atoms with Gasteiger partial charge in [0, 0.05) is 0 Å². The Hall–Kier alpha value is -1.75. The van der Waals surface area contributed by atoms with Crippen LogP contribution in [0.15, 0.2) is 18.2 Å². The number of ether oxygens (including phenoxy) is 1. The van der Waals surface area contributed by atoms with Gasteiger partial charge in [-0.2, -0.15) is 0 Å². The van der Waals surface area contributed by atoms with Crippen molar-refractivity contribution >= 4 is 23.5 Å². The van der Waals surface area contributed by atoms with Gasteiger partial charge < -0.3 is 15.2 Å². The number of hydrogen-bond acceptors (Lipinski definition) is 3. The molecule has 2 atom stereocenters. The van der Waals surface area contributed by atoms with Crippen LogP contribution >= 0.6 is 11.6 Å². The highest BCUT2D eigenvalue weighted by Crippen LogP contribution is 2.26. The van der Waals surface area contributed by atoms with Crippen molar-refractivity contribution in [1.82, 2.24) is 5.32 Å². The maximum Gasteiger partial charge on any atom is 0.325 e. The molecule has 19 heavy (non-hydrogen) atoms. The molecule has 0 radical (unpaired) electrons. The summed E-state index contributed by atoms with van der Waals surface area (Å²) in [5.41, 5.74) is 0.950. The number of benzene rings is 1. The van der Waals surface area contributed by atoms with E-state index in [1.165, 1.54) is 13.8 Å². The first-order valence-corrected chi connectivity index (χ1v) is 6.15. The number of carbonyl (C=O) groups excluding carboxylic acids is 1. The number of aryl methyl sites for hydroxylation is 1. The summed E-state index contributed by atoms with van der Waals surface area (Å²) in [5, 5.41) is 11.4. The molecule has 1 rings (SSSR count). The van der Waals surface area contributed by atoms with Crippen LogP contribution in [0.2, 0.25) is 5.02 Å². The summed E-state index contributed by atoms with van der Waals surface area (Å²) < 4.78 is 5.43. The Balaban J connectivity index is 2.68. The van der Waals surface area contributed by atoms with Crippen LogP contribution in [0.25, 0.3) is 0 Å². The predicted octanol–water partition coefficient (Wildman–Crippen LogP) is 2.01.